The molecule has 1 aliphatic heterocycles. The number of benzene rings is 1. The molecule has 0 aromatic heterocycles. The summed E-state index contributed by atoms with van der Waals surface area (Å²) >= 11 is 3.54. The Kier molecular flexibility index (Phi) is 9.86. The first-order chi connectivity index (χ1) is 15.2. The smallest absolute Gasteiger partial charge is 0.303 e. The lowest BCUT2D eigenvalue weighted by molar-refractivity contribution is -0.152. The number of hydrogen-bond acceptors (Lipinski definition) is 2. The van der Waals surface area contributed by atoms with Crippen LogP contribution in [0, 0.1) is 17.7 Å². The molecule has 0 amide bonds. The largest absolute Gasteiger partial charge is 0.401 e. The van der Waals surface area contributed by atoms with Gasteiger partial charge in [-0.1, -0.05) is 22.9 Å². The molecule has 0 atom stereocenters. The van der Waals surface area contributed by atoms with Crippen LogP contribution in [0.25, 0.3) is 0 Å². The zero-order chi connectivity index (χ0) is 23.1. The lowest BCUT2D eigenvalue weighted by Crippen LogP contribution is -2.43. The first-order valence-electron chi connectivity index (χ1n) is 12.2. The van der Waals surface area contributed by atoms with E-state index in [4.69, 9.17) is 0 Å². The molecule has 1 heterocycles. The topological polar surface area (TPSA) is 6.48 Å². The molecule has 0 bridgehead atoms. The van der Waals surface area contributed by atoms with Gasteiger partial charge >= 0.3 is 6.18 Å². The van der Waals surface area contributed by atoms with Crippen LogP contribution < -0.4 is 0 Å². The second-order valence-corrected chi connectivity index (χ2v) is 10.6. The third kappa shape index (κ3) is 8.28. The Balaban J connectivity index is 1.30. The van der Waals surface area contributed by atoms with Gasteiger partial charge in [0.15, 0.2) is 0 Å². The summed E-state index contributed by atoms with van der Waals surface area (Å²) in [6.45, 7) is 4.86. The maximum absolute atomic E-state index is 13.5. The van der Waals surface area contributed by atoms with Gasteiger partial charge in [-0.3, -0.25) is 4.90 Å². The molecule has 1 saturated carbocycles. The van der Waals surface area contributed by atoms with Crippen LogP contribution >= 0.6 is 15.9 Å². The van der Waals surface area contributed by atoms with Crippen molar-refractivity contribution in [3.8, 4) is 0 Å². The minimum Gasteiger partial charge on any atom is -0.303 e. The first kappa shape index (κ1) is 26.0. The predicted octanol–water partition coefficient (Wildman–Crippen LogP) is 7.07. The summed E-state index contributed by atoms with van der Waals surface area (Å²) in [4.78, 5) is 4.16. The minimum absolute atomic E-state index is 0.0926. The van der Waals surface area contributed by atoms with Crippen LogP contribution in [0.3, 0.4) is 0 Å². The van der Waals surface area contributed by atoms with Crippen molar-refractivity contribution in [3.05, 3.63) is 34.1 Å². The molecule has 1 aliphatic carbocycles. The highest BCUT2D eigenvalue weighted by molar-refractivity contribution is 9.10. The Bertz CT molecular complexity index is 696. The Morgan fingerprint density at radius 2 is 1.72 bits per heavy atom. The van der Waals surface area contributed by atoms with Gasteiger partial charge in [0.2, 0.25) is 0 Å². The van der Waals surface area contributed by atoms with Crippen LogP contribution in [0.15, 0.2) is 22.7 Å². The van der Waals surface area contributed by atoms with E-state index < -0.39 is 12.7 Å². The van der Waals surface area contributed by atoms with Crippen molar-refractivity contribution in [1.82, 2.24) is 9.80 Å². The average molecular weight is 521 g/mol. The van der Waals surface area contributed by atoms with E-state index in [0.29, 0.717) is 18.4 Å². The van der Waals surface area contributed by atoms with Gasteiger partial charge in [-0.25, -0.2) is 4.39 Å². The van der Waals surface area contributed by atoms with Gasteiger partial charge in [0.1, 0.15) is 5.82 Å². The van der Waals surface area contributed by atoms with Crippen LogP contribution in [0.5, 0.6) is 0 Å². The number of alkyl halides is 3. The van der Waals surface area contributed by atoms with Crippen molar-refractivity contribution in [2.45, 2.75) is 76.9 Å². The molecule has 0 N–H and O–H groups in total. The molecule has 1 saturated heterocycles. The zero-order valence-electron chi connectivity index (χ0n) is 19.1. The van der Waals surface area contributed by atoms with E-state index >= 15 is 0 Å². The van der Waals surface area contributed by atoms with Gasteiger partial charge in [0, 0.05) is 10.5 Å². The van der Waals surface area contributed by atoms with E-state index in [1.165, 1.54) is 18.9 Å². The number of halogens is 5. The van der Waals surface area contributed by atoms with Crippen molar-refractivity contribution in [2.75, 3.05) is 32.7 Å². The van der Waals surface area contributed by atoms with Crippen LogP contribution in [-0.4, -0.2) is 54.7 Å². The molecule has 2 aliphatic rings. The highest BCUT2D eigenvalue weighted by Gasteiger charge is 2.34. The van der Waals surface area contributed by atoms with Crippen molar-refractivity contribution in [2.24, 2.45) is 11.8 Å². The number of nitrogens with zero attached hydrogens (tertiary/aromatic N) is 2. The quantitative estimate of drug-likeness (QED) is 0.321. The second-order valence-electron chi connectivity index (χ2n) is 9.72. The van der Waals surface area contributed by atoms with Gasteiger partial charge in [0.05, 0.1) is 6.54 Å². The monoisotopic (exact) mass is 520 g/mol. The van der Waals surface area contributed by atoms with Crippen LogP contribution in [-0.2, 0) is 6.42 Å². The summed E-state index contributed by atoms with van der Waals surface area (Å²) in [5.41, 5.74) is 1.07. The third-order valence-electron chi connectivity index (χ3n) is 7.43. The van der Waals surface area contributed by atoms with E-state index in [1.807, 2.05) is 6.92 Å². The maximum atomic E-state index is 13.5. The van der Waals surface area contributed by atoms with Crippen molar-refractivity contribution < 1.29 is 17.6 Å². The molecule has 1 aromatic carbocycles. The maximum Gasteiger partial charge on any atom is 0.401 e. The average Bonchev–Trinajstić information content (AvgIpc) is 2.76. The predicted molar refractivity (Wildman–Crippen MR) is 125 cm³/mol. The van der Waals surface area contributed by atoms with E-state index in [9.17, 15) is 17.6 Å². The number of likely N-dealkylation sites (tertiary alicyclic amines) is 1. The molecule has 2 fully saturated rings. The molecule has 32 heavy (non-hydrogen) atoms. The SMILES string of the molecule is CCN(CC(F)(F)F)[C@H]1CC[C@H](CCCN2CCC(Cc3cc(F)ccc3Br)CC2)CC1. The number of hydrogen-bond donors (Lipinski definition) is 0. The Morgan fingerprint density at radius 3 is 2.34 bits per heavy atom. The normalized spacial score (nSPS) is 23.7. The Hall–Kier alpha value is -0.660. The summed E-state index contributed by atoms with van der Waals surface area (Å²) in [7, 11) is 0. The zero-order valence-corrected chi connectivity index (χ0v) is 20.7. The molecule has 1 aromatic rings. The van der Waals surface area contributed by atoms with Crippen LogP contribution in [0.2, 0.25) is 0 Å². The third-order valence-corrected chi connectivity index (χ3v) is 8.21. The van der Waals surface area contributed by atoms with E-state index in [1.54, 1.807) is 17.0 Å². The summed E-state index contributed by atoms with van der Waals surface area (Å²) in [6, 6.07) is 5.03. The summed E-state index contributed by atoms with van der Waals surface area (Å²) < 4.78 is 52.8. The van der Waals surface area contributed by atoms with Gasteiger partial charge in [-0.2, -0.15) is 13.2 Å². The van der Waals surface area contributed by atoms with Gasteiger partial charge in [-0.05, 0) is 120 Å². The van der Waals surface area contributed by atoms with Crippen LogP contribution in [0.4, 0.5) is 17.6 Å². The fraction of sp³-hybridized carbons (Fsp3) is 0.760. The van der Waals surface area contributed by atoms with E-state index in [-0.39, 0.29) is 11.9 Å². The van der Waals surface area contributed by atoms with Gasteiger partial charge in [0.25, 0.3) is 0 Å². The summed E-state index contributed by atoms with van der Waals surface area (Å²) in [6.07, 6.45) is 5.41. The molecular formula is C25H37BrF4N2. The van der Waals surface area contributed by atoms with Crippen molar-refractivity contribution >= 4 is 15.9 Å². The fourth-order valence-corrected chi connectivity index (χ4v) is 5.97. The summed E-state index contributed by atoms with van der Waals surface area (Å²) in [5, 5.41) is 0. The molecule has 182 valence electrons. The lowest BCUT2D eigenvalue weighted by atomic mass is 9.82. The minimum atomic E-state index is -4.10. The Morgan fingerprint density at radius 1 is 1.03 bits per heavy atom. The molecule has 3 rings (SSSR count). The molecule has 0 unspecified atom stereocenters. The van der Waals surface area contributed by atoms with Crippen molar-refractivity contribution in [3.63, 3.8) is 0 Å². The highest BCUT2D eigenvalue weighted by Crippen LogP contribution is 2.32. The van der Waals surface area contributed by atoms with Gasteiger partial charge < -0.3 is 4.90 Å². The van der Waals surface area contributed by atoms with E-state index in [2.05, 4.69) is 20.8 Å². The molecule has 7 heteroatoms. The standard InChI is InChI=1S/C25H37BrF4N2/c1-2-32(18-25(28,29)30)23-8-5-19(6-9-23)4-3-13-31-14-11-20(12-15-31)16-21-17-22(27)7-10-24(21)26/h7,10,17,19-20,23H,2-6,8-9,11-16,18H2,1H3/t19-,23-. The first-order valence-corrected chi connectivity index (χ1v) is 13.0. The molecular weight excluding hydrogens is 484 g/mol. The second kappa shape index (κ2) is 12.2. The number of piperidine rings is 1. The molecule has 2 nitrogen and oxygen atoms in total. The fourth-order valence-electron chi connectivity index (χ4n) is 5.56. The Labute approximate surface area is 198 Å². The van der Waals surface area contributed by atoms with Crippen LogP contribution in [0.1, 0.15) is 63.9 Å². The van der Waals surface area contributed by atoms with E-state index in [0.717, 1.165) is 74.6 Å². The molecule has 0 radical (unpaired) electrons. The summed E-state index contributed by atoms with van der Waals surface area (Å²) in [5.74, 6) is 1.11. The lowest BCUT2D eigenvalue weighted by Gasteiger charge is -2.37. The van der Waals surface area contributed by atoms with Gasteiger partial charge in [-0.15, -0.1) is 0 Å². The highest BCUT2D eigenvalue weighted by atomic mass is 79.9. The number of rotatable bonds is 9. The molecule has 0 spiro atoms. The van der Waals surface area contributed by atoms with Crippen molar-refractivity contribution in [1.29, 1.82) is 0 Å².